The Labute approximate surface area is 128 Å². The third kappa shape index (κ3) is 1.85. The lowest BCUT2D eigenvalue weighted by Gasteiger charge is -2.45. The van der Waals surface area contributed by atoms with Crippen molar-refractivity contribution in [1.82, 2.24) is 4.90 Å². The van der Waals surface area contributed by atoms with Gasteiger partial charge in [-0.25, -0.2) is 0 Å². The maximum atomic E-state index is 12.2. The Morgan fingerprint density at radius 3 is 2.95 bits per heavy atom. The summed E-state index contributed by atoms with van der Waals surface area (Å²) in [5.41, 5.74) is 2.59. The van der Waals surface area contributed by atoms with Gasteiger partial charge in [0.1, 0.15) is 0 Å². The van der Waals surface area contributed by atoms with Crippen molar-refractivity contribution in [3.63, 3.8) is 0 Å². The molecule has 0 spiro atoms. The monoisotopic (exact) mass is 367 g/mol. The van der Waals surface area contributed by atoms with Crippen LogP contribution in [0.5, 0.6) is 0 Å². The minimum Gasteiger partial charge on any atom is -0.324 e. The van der Waals surface area contributed by atoms with Crippen molar-refractivity contribution in [3.05, 3.63) is 45.0 Å². The van der Waals surface area contributed by atoms with Crippen molar-refractivity contribution >= 4 is 28.5 Å². The summed E-state index contributed by atoms with van der Waals surface area (Å²) in [5, 5.41) is 0. The molecule has 1 aromatic carbocycles. The molecule has 0 radical (unpaired) electrons. The zero-order chi connectivity index (χ0) is 13.5. The molecule has 100 valence electrons. The van der Waals surface area contributed by atoms with Crippen LogP contribution in [0.15, 0.2) is 33.9 Å². The van der Waals surface area contributed by atoms with Crippen molar-refractivity contribution in [2.24, 2.45) is 0 Å². The Balaban J connectivity index is 2.15. The number of halogens is 1. The van der Waals surface area contributed by atoms with Crippen molar-refractivity contribution < 1.29 is 4.79 Å². The van der Waals surface area contributed by atoms with Crippen LogP contribution in [0, 0.1) is 0 Å². The van der Waals surface area contributed by atoms with E-state index in [1.807, 2.05) is 6.08 Å². The highest BCUT2D eigenvalue weighted by molar-refractivity contribution is 14.1. The molecule has 19 heavy (non-hydrogen) atoms. The zero-order valence-electron chi connectivity index (χ0n) is 11.2. The van der Waals surface area contributed by atoms with Crippen molar-refractivity contribution in [1.29, 1.82) is 0 Å². The molecule has 2 nitrogen and oxygen atoms in total. The van der Waals surface area contributed by atoms with Crippen LogP contribution >= 0.6 is 22.6 Å². The second-order valence-electron chi connectivity index (χ2n) is 5.35. The number of fused-ring (bicyclic) bond motifs is 3. The highest BCUT2D eigenvalue weighted by Gasteiger charge is 2.49. The Kier molecular flexibility index (Phi) is 3.41. The lowest BCUT2D eigenvalue weighted by molar-refractivity contribution is -0.129. The van der Waals surface area contributed by atoms with E-state index in [0.29, 0.717) is 0 Å². The van der Waals surface area contributed by atoms with E-state index < -0.39 is 0 Å². The maximum absolute atomic E-state index is 12.2. The van der Waals surface area contributed by atoms with Gasteiger partial charge in [0, 0.05) is 16.2 Å². The molecule has 1 aromatic rings. The quantitative estimate of drug-likeness (QED) is 0.745. The van der Waals surface area contributed by atoms with Gasteiger partial charge in [-0.3, -0.25) is 4.79 Å². The van der Waals surface area contributed by atoms with Gasteiger partial charge in [0.25, 0.3) is 0 Å². The van der Waals surface area contributed by atoms with E-state index >= 15 is 0 Å². The molecule has 1 amide bonds. The average Bonchev–Trinajstić information content (AvgIpc) is 2.68. The number of carbonyl (C=O) groups is 1. The van der Waals surface area contributed by atoms with Crippen LogP contribution in [0.25, 0.3) is 0 Å². The molecule has 3 heteroatoms. The standard InChI is InChI=1S/C16H18INO/c1-2-3-9-16-13-7-5-4-6-12(13)8-10-18(16)15(19)11-14(16)17/h4-7,11H,2-3,8-10H2,1H3. The molecule has 2 heterocycles. The lowest BCUT2D eigenvalue weighted by Crippen LogP contribution is -2.49. The molecule has 0 saturated heterocycles. The molecule has 3 rings (SSSR count). The van der Waals surface area contributed by atoms with Crippen molar-refractivity contribution in [2.75, 3.05) is 6.54 Å². The third-order valence-electron chi connectivity index (χ3n) is 4.33. The number of nitrogens with zero attached hydrogens (tertiary/aromatic N) is 1. The first-order valence-electron chi connectivity index (χ1n) is 6.98. The minimum atomic E-state index is -0.164. The summed E-state index contributed by atoms with van der Waals surface area (Å²) < 4.78 is 1.19. The van der Waals surface area contributed by atoms with Gasteiger partial charge >= 0.3 is 0 Å². The second kappa shape index (κ2) is 4.93. The first kappa shape index (κ1) is 13.2. The summed E-state index contributed by atoms with van der Waals surface area (Å²) in [4.78, 5) is 14.3. The third-order valence-corrected chi connectivity index (χ3v) is 5.54. The lowest BCUT2D eigenvalue weighted by atomic mass is 9.78. The smallest absolute Gasteiger partial charge is 0.248 e. The second-order valence-corrected chi connectivity index (χ2v) is 6.52. The van der Waals surface area contributed by atoms with E-state index in [-0.39, 0.29) is 11.4 Å². The highest BCUT2D eigenvalue weighted by Crippen LogP contribution is 2.50. The Morgan fingerprint density at radius 1 is 1.37 bits per heavy atom. The van der Waals surface area contributed by atoms with Crippen LogP contribution < -0.4 is 0 Å². The maximum Gasteiger partial charge on any atom is 0.248 e. The summed E-state index contributed by atoms with van der Waals surface area (Å²) in [5.74, 6) is 0.190. The van der Waals surface area contributed by atoms with E-state index in [4.69, 9.17) is 0 Å². The fourth-order valence-electron chi connectivity index (χ4n) is 3.39. The van der Waals surface area contributed by atoms with Crippen LogP contribution in [0.1, 0.15) is 37.3 Å². The van der Waals surface area contributed by atoms with E-state index in [9.17, 15) is 4.79 Å². The van der Waals surface area contributed by atoms with Crippen LogP contribution in [-0.4, -0.2) is 17.4 Å². The topological polar surface area (TPSA) is 20.3 Å². The van der Waals surface area contributed by atoms with Gasteiger partial charge in [0.05, 0.1) is 5.54 Å². The van der Waals surface area contributed by atoms with Crippen molar-refractivity contribution in [3.8, 4) is 0 Å². The summed E-state index contributed by atoms with van der Waals surface area (Å²) >= 11 is 2.37. The molecule has 2 aliphatic rings. The number of hydrogen-bond donors (Lipinski definition) is 0. The van der Waals surface area contributed by atoms with Crippen LogP contribution in [0.2, 0.25) is 0 Å². The molecule has 0 aromatic heterocycles. The molecular weight excluding hydrogens is 349 g/mol. The van der Waals surface area contributed by atoms with Crippen molar-refractivity contribution in [2.45, 2.75) is 38.1 Å². The van der Waals surface area contributed by atoms with Gasteiger partial charge in [-0.1, -0.05) is 44.0 Å². The number of hydrogen-bond acceptors (Lipinski definition) is 1. The average molecular weight is 367 g/mol. The Bertz CT molecular complexity index is 551. The molecular formula is C16H18INO. The molecule has 2 aliphatic heterocycles. The molecule has 0 aliphatic carbocycles. The van der Waals surface area contributed by atoms with E-state index in [1.54, 1.807) is 0 Å². The summed E-state index contributed by atoms with van der Waals surface area (Å²) in [6.07, 6.45) is 6.17. The summed E-state index contributed by atoms with van der Waals surface area (Å²) in [6.45, 7) is 3.06. The number of amides is 1. The molecule has 0 bridgehead atoms. The molecule has 0 fully saturated rings. The van der Waals surface area contributed by atoms with Gasteiger partial charge < -0.3 is 4.90 Å². The van der Waals surface area contributed by atoms with E-state index in [2.05, 4.69) is 58.7 Å². The fourth-order valence-corrected chi connectivity index (χ4v) is 4.51. The minimum absolute atomic E-state index is 0.164. The number of unbranched alkanes of at least 4 members (excludes halogenated alkanes) is 1. The zero-order valence-corrected chi connectivity index (χ0v) is 13.3. The predicted molar refractivity (Wildman–Crippen MR) is 85.2 cm³/mol. The van der Waals surface area contributed by atoms with Crippen LogP contribution in [-0.2, 0) is 16.8 Å². The van der Waals surface area contributed by atoms with E-state index in [0.717, 1.165) is 32.2 Å². The number of benzene rings is 1. The van der Waals surface area contributed by atoms with Crippen LogP contribution in [0.3, 0.4) is 0 Å². The number of carbonyl (C=O) groups excluding carboxylic acids is 1. The molecule has 1 unspecified atom stereocenters. The normalized spacial score (nSPS) is 25.1. The van der Waals surface area contributed by atoms with Gasteiger partial charge in [0.2, 0.25) is 5.91 Å². The summed E-state index contributed by atoms with van der Waals surface area (Å²) in [7, 11) is 0. The predicted octanol–water partition coefficient (Wildman–Crippen LogP) is 3.79. The summed E-state index contributed by atoms with van der Waals surface area (Å²) in [6, 6.07) is 8.63. The van der Waals surface area contributed by atoms with Gasteiger partial charge in [0.15, 0.2) is 0 Å². The van der Waals surface area contributed by atoms with Gasteiger partial charge in [-0.05, 0) is 46.6 Å². The molecule has 1 atom stereocenters. The highest BCUT2D eigenvalue weighted by atomic mass is 127. The van der Waals surface area contributed by atoms with Gasteiger partial charge in [-0.2, -0.15) is 0 Å². The first-order chi connectivity index (χ1) is 9.20. The Morgan fingerprint density at radius 2 is 2.16 bits per heavy atom. The number of rotatable bonds is 3. The molecule has 0 N–H and O–H groups in total. The van der Waals surface area contributed by atoms with Crippen LogP contribution in [0.4, 0.5) is 0 Å². The van der Waals surface area contributed by atoms with Gasteiger partial charge in [-0.15, -0.1) is 0 Å². The molecule has 0 saturated carbocycles. The Hall–Kier alpha value is -0.840. The SMILES string of the molecule is CCCCC12C(I)=CC(=O)N1CCc1ccccc12. The fraction of sp³-hybridized carbons (Fsp3) is 0.438. The first-order valence-corrected chi connectivity index (χ1v) is 8.05. The van der Waals surface area contributed by atoms with E-state index in [1.165, 1.54) is 14.7 Å². The largest absolute Gasteiger partial charge is 0.324 e.